The van der Waals surface area contributed by atoms with Crippen molar-refractivity contribution in [2.24, 2.45) is 0 Å². The molecule has 0 fully saturated rings. The molecule has 0 amide bonds. The van der Waals surface area contributed by atoms with Crippen molar-refractivity contribution in [1.82, 2.24) is 14.1 Å². The van der Waals surface area contributed by atoms with E-state index in [0.717, 1.165) is 44.3 Å². The van der Waals surface area contributed by atoms with Gasteiger partial charge in [0.2, 0.25) is 0 Å². The van der Waals surface area contributed by atoms with Crippen LogP contribution in [0.15, 0.2) is 285 Å². The molecule has 14 aromatic rings. The molecule has 7 heteroatoms. The topological polar surface area (TPSA) is 35.9 Å². The molecule has 83 heavy (non-hydrogen) atoms. The Labute approximate surface area is 514 Å². The molecule has 3 heterocycles. The third-order valence-corrected chi connectivity index (χ3v) is 20.2. The molecular formula is C76H56N4OPtSi-2. The molecular weight excluding hydrogens is 1210 g/mol. The van der Waals surface area contributed by atoms with Crippen molar-refractivity contribution in [2.45, 2.75) is 26.2 Å². The van der Waals surface area contributed by atoms with Gasteiger partial charge >= 0.3 is 0 Å². The van der Waals surface area contributed by atoms with E-state index in [1.165, 1.54) is 20.7 Å². The Morgan fingerprint density at radius 3 is 1.73 bits per heavy atom. The van der Waals surface area contributed by atoms with Gasteiger partial charge in [-0.05, 0) is 94.4 Å². The zero-order valence-electron chi connectivity index (χ0n) is 55.4. The molecule has 402 valence electrons. The molecule has 0 N–H and O–H groups in total. The Hall–Kier alpha value is -9.45. The maximum atomic E-state index is 9.13. The number of hydrogen-bond donors (Lipinski definition) is 0. The smallest absolute Gasteiger partial charge is 0.268 e. The maximum absolute atomic E-state index is 9.13. The number of hydrogen-bond acceptors (Lipinski definition) is 2. The number of para-hydroxylation sites is 3. The third kappa shape index (κ3) is 9.54. The molecule has 0 spiro atoms. The van der Waals surface area contributed by atoms with Gasteiger partial charge in [0.1, 0.15) is 5.82 Å². The summed E-state index contributed by atoms with van der Waals surface area (Å²) in [7, 11) is -2.97. The Morgan fingerprint density at radius 2 is 1.08 bits per heavy atom. The number of ether oxygens (including phenoxy) is 1. The van der Waals surface area contributed by atoms with Crippen LogP contribution in [0.4, 0.5) is 0 Å². The van der Waals surface area contributed by atoms with Gasteiger partial charge in [0, 0.05) is 44.3 Å². The number of aromatic nitrogens is 4. The van der Waals surface area contributed by atoms with Crippen LogP contribution in [0.5, 0.6) is 11.5 Å². The molecule has 0 atom stereocenters. The first kappa shape index (κ1) is 42.4. The van der Waals surface area contributed by atoms with E-state index in [1.54, 1.807) is 33.4 Å². The van der Waals surface area contributed by atoms with Gasteiger partial charge in [0.25, 0.3) is 6.33 Å². The summed E-state index contributed by atoms with van der Waals surface area (Å²) in [5.41, 5.74) is 6.55. The number of rotatable bonds is 12. The maximum Gasteiger partial charge on any atom is 0.268 e. The summed E-state index contributed by atoms with van der Waals surface area (Å²) in [5.74, 6) is 1.47. The summed E-state index contributed by atoms with van der Waals surface area (Å²) in [6, 6.07) is 75.9. The second-order valence-electron chi connectivity index (χ2n) is 21.2. The second-order valence-corrected chi connectivity index (χ2v) is 24.9. The van der Waals surface area contributed by atoms with E-state index in [1.807, 2.05) is 48.7 Å². The van der Waals surface area contributed by atoms with Crippen LogP contribution in [0.25, 0.3) is 83.4 Å². The van der Waals surface area contributed by atoms with E-state index in [-0.39, 0.29) is 54.4 Å². The number of nitrogens with zero attached hydrogens (tertiary/aromatic N) is 4. The summed E-state index contributed by atoms with van der Waals surface area (Å²) in [4.78, 5) is 5.02. The monoisotopic (exact) mass is 1270 g/mol. The molecule has 14 rings (SSSR count). The summed E-state index contributed by atoms with van der Waals surface area (Å²) >= 11 is 0. The predicted molar refractivity (Wildman–Crippen MR) is 339 cm³/mol. The fraction of sp³-hybridized carbons (Fsp3) is 0.0526. The molecule has 5 nitrogen and oxygen atoms in total. The zero-order valence-corrected chi connectivity index (χ0v) is 48.6. The first-order valence-corrected chi connectivity index (χ1v) is 29.1. The minimum absolute atomic E-state index is 0. The molecule has 0 saturated heterocycles. The SMILES string of the molecule is [2H]c1c([2H])c([2H])c(-c2cccc(-c3c([2H])c([2H])c([2H])c([2H])c3[2H])c2-[n+]2[c-]n(-c3[c-]c(Oc4[c-]c5c(cc4)c4cc(-c6ccccc6[Si](c6ccccc6)(c6ccccc6)c6ccccc6)ccc4n5-c4cc(C(C)(C)C)ccn4)ccc3)c3ccccc32)c([2H])c1[2H].[Pt]. The molecule has 0 saturated carbocycles. The van der Waals surface area contributed by atoms with Gasteiger partial charge in [-0.15, -0.1) is 29.7 Å². The van der Waals surface area contributed by atoms with Crippen LogP contribution in [-0.2, 0) is 26.5 Å². The molecule has 11 aromatic carbocycles. The molecule has 0 aliphatic carbocycles. The number of imidazole rings is 1. The van der Waals surface area contributed by atoms with Gasteiger partial charge < -0.3 is 13.9 Å². The Bertz CT molecular complexity index is 5030. The van der Waals surface area contributed by atoms with E-state index in [9.17, 15) is 0 Å². The van der Waals surface area contributed by atoms with Crippen LogP contribution in [0.1, 0.15) is 40.0 Å². The first-order chi connectivity index (χ1) is 44.4. The van der Waals surface area contributed by atoms with Crippen LogP contribution in [0, 0.1) is 18.5 Å². The molecule has 0 radical (unpaired) electrons. The number of fused-ring (bicyclic) bond motifs is 4. The number of benzene rings is 11. The molecule has 0 aliphatic heterocycles. The Morgan fingerprint density at radius 1 is 0.506 bits per heavy atom. The average molecular weight is 1270 g/mol. The van der Waals surface area contributed by atoms with Crippen molar-refractivity contribution >= 4 is 61.7 Å². The molecule has 0 bridgehead atoms. The molecule has 0 aliphatic rings. The minimum Gasteiger partial charge on any atom is -0.510 e. The Balaban J connectivity index is 0.00000787. The van der Waals surface area contributed by atoms with Crippen molar-refractivity contribution in [3.8, 4) is 62.1 Å². The largest absolute Gasteiger partial charge is 0.510 e. The van der Waals surface area contributed by atoms with E-state index in [4.69, 9.17) is 23.4 Å². The van der Waals surface area contributed by atoms with Crippen LogP contribution < -0.4 is 30.1 Å². The van der Waals surface area contributed by atoms with Crippen LogP contribution in [0.2, 0.25) is 0 Å². The van der Waals surface area contributed by atoms with Gasteiger partial charge in [0.15, 0.2) is 8.07 Å². The normalized spacial score (nSPS) is 13.4. The van der Waals surface area contributed by atoms with E-state index >= 15 is 0 Å². The van der Waals surface area contributed by atoms with E-state index in [0.29, 0.717) is 28.2 Å². The average Bonchev–Trinajstić information content (AvgIpc) is 1.70. The van der Waals surface area contributed by atoms with Gasteiger partial charge in [-0.25, -0.2) is 4.98 Å². The standard InChI is InChI=1S/C76H56N4OSi.Pt/c1-76(2,3)57-47-48-77-74(50-57)80-69-46-43-56(64-37-19-22-42-73(64)82(61-31-13-6-14-32-61,62-33-15-7-16-34-62)63-35-17-8-18-36-63)49-68(69)67-45-44-60(52-72(67)80)81-59-30-23-29-58(51-59)78-53-79(71-41-21-20-40-70(71)78)75-65(54-25-9-4-10-26-54)38-24-39-66(75)55-27-11-5-12-28-55;/h4-50H,1-3H3;/q-2;/i4D,5D,9D,10D,11D,12D,25D,26D,27D,28D;. The quantitative estimate of drug-likeness (QED) is 0.0529. The van der Waals surface area contributed by atoms with Gasteiger partial charge in [-0.3, -0.25) is 4.57 Å². The van der Waals surface area contributed by atoms with E-state index in [2.05, 4.69) is 195 Å². The fourth-order valence-electron chi connectivity index (χ4n) is 11.6. The fourth-order valence-corrected chi connectivity index (χ4v) is 16.6. The van der Waals surface area contributed by atoms with Crippen LogP contribution >= 0.6 is 0 Å². The summed E-state index contributed by atoms with van der Waals surface area (Å²) in [6.45, 7) is 6.56. The van der Waals surface area contributed by atoms with Crippen molar-refractivity contribution in [2.75, 3.05) is 0 Å². The predicted octanol–water partition coefficient (Wildman–Crippen LogP) is 15.3. The van der Waals surface area contributed by atoms with Gasteiger partial charge in [0.05, 0.1) is 30.4 Å². The Kier molecular flexibility index (Phi) is 11.3. The third-order valence-electron chi connectivity index (χ3n) is 15.3. The summed E-state index contributed by atoms with van der Waals surface area (Å²) in [6.07, 6.45) is 5.31. The molecule has 0 unspecified atom stereocenters. The van der Waals surface area contributed by atoms with E-state index < -0.39 is 68.5 Å². The summed E-state index contributed by atoms with van der Waals surface area (Å²) in [5, 5.41) is 7.05. The van der Waals surface area contributed by atoms with Crippen molar-refractivity contribution in [3.05, 3.63) is 309 Å². The first-order valence-electron chi connectivity index (χ1n) is 32.1. The number of pyridine rings is 1. The molecule has 3 aromatic heterocycles. The second kappa shape index (κ2) is 22.1. The van der Waals surface area contributed by atoms with Crippen molar-refractivity contribution in [1.29, 1.82) is 0 Å². The summed E-state index contributed by atoms with van der Waals surface area (Å²) < 4.78 is 100. The zero-order chi connectivity index (χ0) is 63.9. The van der Waals surface area contributed by atoms with Crippen LogP contribution in [0.3, 0.4) is 0 Å². The minimum atomic E-state index is -2.97. The van der Waals surface area contributed by atoms with Gasteiger partial charge in [-0.2, -0.15) is 18.2 Å². The van der Waals surface area contributed by atoms with Crippen molar-refractivity contribution < 1.29 is 44.1 Å². The van der Waals surface area contributed by atoms with Gasteiger partial charge in [-0.1, -0.05) is 257 Å². The van der Waals surface area contributed by atoms with Crippen molar-refractivity contribution in [3.63, 3.8) is 0 Å². The van der Waals surface area contributed by atoms with Crippen LogP contribution in [-0.4, -0.2) is 22.2 Å².